The third-order valence-corrected chi connectivity index (χ3v) is 3.29. The second kappa shape index (κ2) is 9.40. The second-order valence-electron chi connectivity index (χ2n) is 5.11. The Balaban J connectivity index is 2.52. The zero-order valence-electron chi connectivity index (χ0n) is 12.7. The Bertz CT molecular complexity index is 413. The van der Waals surface area contributed by atoms with Crippen molar-refractivity contribution in [2.24, 2.45) is 0 Å². The summed E-state index contributed by atoms with van der Waals surface area (Å²) in [5.74, 6) is 0.664. The van der Waals surface area contributed by atoms with Crippen molar-refractivity contribution < 1.29 is 14.6 Å². The van der Waals surface area contributed by atoms with Crippen LogP contribution in [0.5, 0.6) is 11.5 Å². The van der Waals surface area contributed by atoms with Gasteiger partial charge < -0.3 is 9.84 Å². The lowest BCUT2D eigenvalue weighted by Crippen LogP contribution is -2.01. The van der Waals surface area contributed by atoms with Gasteiger partial charge in [0.2, 0.25) is 0 Å². The Morgan fingerprint density at radius 3 is 2.45 bits per heavy atom. The predicted octanol–water partition coefficient (Wildman–Crippen LogP) is 4.72. The molecule has 0 bridgehead atoms. The van der Waals surface area contributed by atoms with Crippen molar-refractivity contribution in [1.29, 1.82) is 0 Å². The van der Waals surface area contributed by atoms with Crippen molar-refractivity contribution in [3.05, 3.63) is 23.8 Å². The molecule has 3 nitrogen and oxygen atoms in total. The fourth-order valence-corrected chi connectivity index (χ4v) is 2.05. The Kier molecular flexibility index (Phi) is 7.78. The van der Waals surface area contributed by atoms with Gasteiger partial charge in [0.15, 0.2) is 5.78 Å². The zero-order valence-corrected chi connectivity index (χ0v) is 12.7. The first-order valence-electron chi connectivity index (χ1n) is 7.68. The topological polar surface area (TPSA) is 46.5 Å². The monoisotopic (exact) mass is 278 g/mol. The number of aromatic hydroxyl groups is 1. The molecule has 0 aromatic heterocycles. The molecule has 0 aliphatic heterocycles. The number of Topliss-reactive ketones (excluding diaryl/α,β-unsaturated/α-hetero) is 1. The van der Waals surface area contributed by atoms with Crippen LogP contribution in [0.25, 0.3) is 0 Å². The van der Waals surface area contributed by atoms with Gasteiger partial charge in [-0.25, -0.2) is 0 Å². The third-order valence-electron chi connectivity index (χ3n) is 3.29. The van der Waals surface area contributed by atoms with Gasteiger partial charge in [-0.15, -0.1) is 0 Å². The molecule has 1 aromatic carbocycles. The van der Waals surface area contributed by atoms with Crippen LogP contribution in [0.15, 0.2) is 18.2 Å². The highest BCUT2D eigenvalue weighted by atomic mass is 16.5. The lowest BCUT2D eigenvalue weighted by Gasteiger charge is -2.08. The third kappa shape index (κ3) is 5.64. The molecule has 3 heteroatoms. The van der Waals surface area contributed by atoms with Gasteiger partial charge in [-0.05, 0) is 25.0 Å². The van der Waals surface area contributed by atoms with Crippen LogP contribution >= 0.6 is 0 Å². The number of benzene rings is 1. The van der Waals surface area contributed by atoms with Crippen molar-refractivity contribution in [3.63, 3.8) is 0 Å². The van der Waals surface area contributed by atoms with Gasteiger partial charge in [0, 0.05) is 12.5 Å². The summed E-state index contributed by atoms with van der Waals surface area (Å²) in [4.78, 5) is 12.0. The smallest absolute Gasteiger partial charge is 0.166 e. The van der Waals surface area contributed by atoms with Crippen LogP contribution < -0.4 is 4.74 Å². The number of phenols is 1. The van der Waals surface area contributed by atoms with Gasteiger partial charge in [0.1, 0.15) is 11.5 Å². The van der Waals surface area contributed by atoms with Gasteiger partial charge in [0.05, 0.1) is 12.2 Å². The van der Waals surface area contributed by atoms with Crippen molar-refractivity contribution in [3.8, 4) is 11.5 Å². The van der Waals surface area contributed by atoms with Gasteiger partial charge in [-0.2, -0.15) is 0 Å². The lowest BCUT2D eigenvalue weighted by atomic mass is 10.0. The molecule has 1 rings (SSSR count). The molecule has 112 valence electrons. The van der Waals surface area contributed by atoms with E-state index in [9.17, 15) is 9.90 Å². The van der Waals surface area contributed by atoms with E-state index in [1.165, 1.54) is 0 Å². The predicted molar refractivity (Wildman–Crippen MR) is 81.6 cm³/mol. The van der Waals surface area contributed by atoms with E-state index in [1.54, 1.807) is 18.2 Å². The molecule has 0 unspecified atom stereocenters. The highest BCUT2D eigenvalue weighted by Gasteiger charge is 2.11. The quantitative estimate of drug-likeness (QED) is 0.497. The summed E-state index contributed by atoms with van der Waals surface area (Å²) in [6.07, 6.45) is 6.81. The zero-order chi connectivity index (χ0) is 14.8. The molecule has 0 saturated heterocycles. The van der Waals surface area contributed by atoms with Crippen LogP contribution in [-0.2, 0) is 0 Å². The fraction of sp³-hybridized carbons (Fsp3) is 0.588. The standard InChI is InChI=1S/C17H26O3/c1-3-5-7-9-16(18)15-11-10-14(13-17(15)19)20-12-8-6-4-2/h10-11,13,19H,3-9,12H2,1-2H3. The average molecular weight is 278 g/mol. The first-order chi connectivity index (χ1) is 9.69. The summed E-state index contributed by atoms with van der Waals surface area (Å²) in [5.41, 5.74) is 0.405. The Morgan fingerprint density at radius 2 is 1.80 bits per heavy atom. The van der Waals surface area contributed by atoms with Crippen molar-refractivity contribution in [2.75, 3.05) is 6.61 Å². The van der Waals surface area contributed by atoms with Crippen molar-refractivity contribution >= 4 is 5.78 Å². The molecule has 0 fully saturated rings. The number of hydrogen-bond acceptors (Lipinski definition) is 3. The molecule has 0 heterocycles. The highest BCUT2D eigenvalue weighted by molar-refractivity contribution is 5.98. The SMILES string of the molecule is CCCCCOc1ccc(C(=O)CCCCC)c(O)c1. The van der Waals surface area contributed by atoms with Crippen LogP contribution in [-0.4, -0.2) is 17.5 Å². The van der Waals surface area contributed by atoms with Gasteiger partial charge in [-0.1, -0.05) is 39.5 Å². The summed E-state index contributed by atoms with van der Waals surface area (Å²) in [5, 5.41) is 9.92. The molecule has 0 atom stereocenters. The second-order valence-corrected chi connectivity index (χ2v) is 5.11. The van der Waals surface area contributed by atoms with Gasteiger partial charge in [-0.3, -0.25) is 4.79 Å². The van der Waals surface area contributed by atoms with Crippen LogP contribution in [0, 0.1) is 0 Å². The Labute approximate surface area is 122 Å². The van der Waals surface area contributed by atoms with E-state index < -0.39 is 0 Å². The van der Waals surface area contributed by atoms with Crippen molar-refractivity contribution in [2.45, 2.75) is 58.8 Å². The minimum atomic E-state index is 0.00785. The minimum absolute atomic E-state index is 0.00785. The molecule has 0 saturated carbocycles. The van der Waals surface area contributed by atoms with E-state index in [0.717, 1.165) is 38.5 Å². The summed E-state index contributed by atoms with van der Waals surface area (Å²) >= 11 is 0. The normalized spacial score (nSPS) is 10.5. The summed E-state index contributed by atoms with van der Waals surface area (Å²) in [6.45, 7) is 4.90. The number of carbonyl (C=O) groups is 1. The van der Waals surface area contributed by atoms with Gasteiger partial charge in [0.25, 0.3) is 0 Å². The van der Waals surface area contributed by atoms with Crippen LogP contribution in [0.1, 0.15) is 69.2 Å². The Morgan fingerprint density at radius 1 is 1.10 bits per heavy atom. The van der Waals surface area contributed by atoms with E-state index in [4.69, 9.17) is 4.74 Å². The number of ketones is 1. The molecule has 0 aliphatic rings. The summed E-state index contributed by atoms with van der Waals surface area (Å²) < 4.78 is 5.55. The maximum absolute atomic E-state index is 12.0. The summed E-state index contributed by atoms with van der Waals surface area (Å²) in [6, 6.07) is 4.97. The van der Waals surface area contributed by atoms with E-state index in [-0.39, 0.29) is 11.5 Å². The molecule has 20 heavy (non-hydrogen) atoms. The van der Waals surface area contributed by atoms with E-state index >= 15 is 0 Å². The molecule has 0 radical (unpaired) electrons. The number of phenolic OH excluding ortho intramolecular Hbond substituents is 1. The fourth-order valence-electron chi connectivity index (χ4n) is 2.05. The maximum Gasteiger partial charge on any atom is 0.166 e. The lowest BCUT2D eigenvalue weighted by molar-refractivity contribution is 0.0976. The Hall–Kier alpha value is -1.51. The molecular weight excluding hydrogens is 252 g/mol. The van der Waals surface area contributed by atoms with E-state index in [1.807, 2.05) is 0 Å². The number of unbranched alkanes of at least 4 members (excludes halogenated alkanes) is 4. The number of hydrogen-bond donors (Lipinski definition) is 1. The molecule has 0 spiro atoms. The average Bonchev–Trinajstić information content (AvgIpc) is 2.44. The van der Waals surface area contributed by atoms with E-state index in [0.29, 0.717) is 24.3 Å². The molecule has 0 amide bonds. The molecule has 1 N–H and O–H groups in total. The van der Waals surface area contributed by atoms with Crippen LogP contribution in [0.4, 0.5) is 0 Å². The first kappa shape index (κ1) is 16.5. The summed E-state index contributed by atoms with van der Waals surface area (Å²) in [7, 11) is 0. The van der Waals surface area contributed by atoms with Gasteiger partial charge >= 0.3 is 0 Å². The molecule has 1 aromatic rings. The number of carbonyl (C=O) groups excluding carboxylic acids is 1. The molecular formula is C17H26O3. The van der Waals surface area contributed by atoms with E-state index in [2.05, 4.69) is 13.8 Å². The highest BCUT2D eigenvalue weighted by Crippen LogP contribution is 2.25. The largest absolute Gasteiger partial charge is 0.507 e. The maximum atomic E-state index is 12.0. The van der Waals surface area contributed by atoms with Crippen molar-refractivity contribution in [1.82, 2.24) is 0 Å². The van der Waals surface area contributed by atoms with Crippen LogP contribution in [0.2, 0.25) is 0 Å². The van der Waals surface area contributed by atoms with Crippen LogP contribution in [0.3, 0.4) is 0 Å². The number of ether oxygens (including phenoxy) is 1. The minimum Gasteiger partial charge on any atom is -0.507 e. The number of rotatable bonds is 10. The first-order valence-corrected chi connectivity index (χ1v) is 7.68. The molecule has 0 aliphatic carbocycles.